The van der Waals surface area contributed by atoms with Gasteiger partial charge in [-0.3, -0.25) is 4.79 Å². The van der Waals surface area contributed by atoms with Crippen LogP contribution in [0, 0.1) is 0 Å². The molecule has 0 spiro atoms. The van der Waals surface area contributed by atoms with Gasteiger partial charge in [0.15, 0.2) is 0 Å². The van der Waals surface area contributed by atoms with E-state index in [1.165, 1.54) is 4.90 Å². The first kappa shape index (κ1) is 14.5. The van der Waals surface area contributed by atoms with Gasteiger partial charge in [-0.25, -0.2) is 4.79 Å². The predicted octanol–water partition coefficient (Wildman–Crippen LogP) is 0.315. The number of hydrogen-bond acceptors (Lipinski definition) is 3. The average molecular weight is 255 g/mol. The number of carboxylic acids is 1. The highest BCUT2D eigenvalue weighted by Crippen LogP contribution is 2.11. The highest BCUT2D eigenvalue weighted by molar-refractivity contribution is 5.80. The number of hydrogen-bond donors (Lipinski definition) is 1. The highest BCUT2D eigenvalue weighted by atomic mass is 16.4. The minimum Gasteiger partial charge on any atom is -0.480 e. The van der Waals surface area contributed by atoms with Gasteiger partial charge in [-0.1, -0.05) is 6.08 Å². The minimum absolute atomic E-state index is 0.0948. The second kappa shape index (κ2) is 6.39. The van der Waals surface area contributed by atoms with Gasteiger partial charge in [-0.2, -0.15) is 0 Å². The van der Waals surface area contributed by atoms with E-state index >= 15 is 0 Å². The van der Waals surface area contributed by atoms with Gasteiger partial charge in [0.05, 0.1) is 0 Å². The van der Waals surface area contributed by atoms with Crippen LogP contribution in [0.5, 0.6) is 0 Å². The molecule has 1 aliphatic heterocycles. The Morgan fingerprint density at radius 1 is 1.50 bits per heavy atom. The molecule has 18 heavy (non-hydrogen) atoms. The van der Waals surface area contributed by atoms with Crippen molar-refractivity contribution in [2.24, 2.45) is 0 Å². The molecule has 1 aliphatic rings. The van der Waals surface area contributed by atoms with E-state index in [0.29, 0.717) is 6.54 Å². The first-order chi connectivity index (χ1) is 8.45. The van der Waals surface area contributed by atoms with Crippen molar-refractivity contribution in [3.63, 3.8) is 0 Å². The molecule has 1 unspecified atom stereocenters. The van der Waals surface area contributed by atoms with E-state index in [9.17, 15) is 9.59 Å². The van der Waals surface area contributed by atoms with E-state index in [0.717, 1.165) is 13.1 Å². The third-order valence-corrected chi connectivity index (χ3v) is 3.02. The summed E-state index contributed by atoms with van der Waals surface area (Å²) in [6, 6.07) is -0.129. The summed E-state index contributed by atoms with van der Waals surface area (Å²) in [5.41, 5.74) is 0. The number of carbonyl (C=O) groups is 2. The lowest BCUT2D eigenvalue weighted by atomic mass is 10.2. The molecular formula is C12H21N3O3. The molecule has 1 fully saturated rings. The molecule has 1 rings (SSSR count). The fourth-order valence-electron chi connectivity index (χ4n) is 2.13. The number of piperazine rings is 1. The fourth-order valence-corrected chi connectivity index (χ4v) is 2.13. The van der Waals surface area contributed by atoms with Crippen molar-refractivity contribution in [3.05, 3.63) is 12.7 Å². The van der Waals surface area contributed by atoms with Crippen LogP contribution < -0.4 is 0 Å². The Kier molecular flexibility index (Phi) is 5.15. The second-order valence-corrected chi connectivity index (χ2v) is 4.65. The lowest BCUT2D eigenvalue weighted by molar-refractivity contribution is -0.137. The Hall–Kier alpha value is -1.56. The van der Waals surface area contributed by atoms with Crippen LogP contribution in [0.15, 0.2) is 12.7 Å². The van der Waals surface area contributed by atoms with Crippen LogP contribution in [-0.4, -0.2) is 77.6 Å². The molecule has 0 saturated carbocycles. The summed E-state index contributed by atoms with van der Waals surface area (Å²) >= 11 is 0. The highest BCUT2D eigenvalue weighted by Gasteiger charge is 2.29. The third-order valence-electron chi connectivity index (χ3n) is 3.02. The Morgan fingerprint density at radius 2 is 2.17 bits per heavy atom. The molecule has 1 N–H and O–H groups in total. The number of amides is 2. The van der Waals surface area contributed by atoms with E-state index in [-0.39, 0.29) is 25.2 Å². The maximum absolute atomic E-state index is 12.3. The normalized spacial score (nSPS) is 20.6. The molecule has 0 bridgehead atoms. The molecule has 0 radical (unpaired) electrons. The summed E-state index contributed by atoms with van der Waals surface area (Å²) < 4.78 is 0. The number of nitrogens with zero attached hydrogens (tertiary/aromatic N) is 3. The zero-order valence-corrected chi connectivity index (χ0v) is 11.0. The van der Waals surface area contributed by atoms with Crippen LogP contribution >= 0.6 is 0 Å². The second-order valence-electron chi connectivity index (χ2n) is 4.65. The van der Waals surface area contributed by atoms with Gasteiger partial charge in [-0.15, -0.1) is 6.58 Å². The number of carbonyl (C=O) groups excluding carboxylic acids is 1. The van der Waals surface area contributed by atoms with Gasteiger partial charge in [-0.05, 0) is 14.0 Å². The van der Waals surface area contributed by atoms with Gasteiger partial charge in [0.2, 0.25) is 0 Å². The van der Waals surface area contributed by atoms with Crippen LogP contribution in [0.3, 0.4) is 0 Å². The van der Waals surface area contributed by atoms with E-state index in [4.69, 9.17) is 5.11 Å². The standard InChI is InChI=1S/C12H21N3O3/c1-4-5-14(9-11(16)17)12(18)15-7-6-13(3)8-10(15)2/h4,10H,1,5-9H2,2-3H3,(H,16,17). The molecule has 0 aromatic heterocycles. The van der Waals surface area contributed by atoms with Crippen molar-refractivity contribution in [2.75, 3.05) is 39.8 Å². The van der Waals surface area contributed by atoms with Crippen LogP contribution in [0.4, 0.5) is 4.79 Å². The van der Waals surface area contributed by atoms with E-state index in [1.807, 2.05) is 14.0 Å². The van der Waals surface area contributed by atoms with E-state index in [2.05, 4.69) is 11.5 Å². The van der Waals surface area contributed by atoms with Gasteiger partial charge < -0.3 is 19.8 Å². The molecule has 1 atom stereocenters. The summed E-state index contributed by atoms with van der Waals surface area (Å²) in [6.45, 7) is 7.74. The summed E-state index contributed by atoms with van der Waals surface area (Å²) in [5, 5.41) is 8.81. The van der Waals surface area contributed by atoms with E-state index < -0.39 is 5.97 Å². The Morgan fingerprint density at radius 3 is 2.67 bits per heavy atom. The maximum atomic E-state index is 12.3. The quantitative estimate of drug-likeness (QED) is 0.735. The SMILES string of the molecule is C=CCN(CC(=O)O)C(=O)N1CCN(C)CC1C. The Labute approximate surface area is 107 Å². The Balaban J connectivity index is 2.69. The maximum Gasteiger partial charge on any atom is 0.323 e. The fraction of sp³-hybridized carbons (Fsp3) is 0.667. The first-order valence-corrected chi connectivity index (χ1v) is 6.02. The van der Waals surface area contributed by atoms with Crippen LogP contribution in [0.25, 0.3) is 0 Å². The van der Waals surface area contributed by atoms with Crippen molar-refractivity contribution >= 4 is 12.0 Å². The van der Waals surface area contributed by atoms with Crippen molar-refractivity contribution < 1.29 is 14.7 Å². The van der Waals surface area contributed by atoms with Crippen LogP contribution in [-0.2, 0) is 4.79 Å². The number of urea groups is 1. The number of carboxylic acid groups (broad SMARTS) is 1. The molecule has 6 nitrogen and oxygen atoms in total. The smallest absolute Gasteiger partial charge is 0.323 e. The average Bonchev–Trinajstić information content (AvgIpc) is 2.27. The topological polar surface area (TPSA) is 64.1 Å². The van der Waals surface area contributed by atoms with Gasteiger partial charge in [0.25, 0.3) is 0 Å². The molecule has 0 aliphatic carbocycles. The summed E-state index contributed by atoms with van der Waals surface area (Å²) in [7, 11) is 2.01. The molecule has 6 heteroatoms. The largest absolute Gasteiger partial charge is 0.480 e. The van der Waals surface area contributed by atoms with E-state index in [1.54, 1.807) is 11.0 Å². The molecule has 0 aromatic carbocycles. The van der Waals surface area contributed by atoms with Crippen LogP contribution in [0.2, 0.25) is 0 Å². The molecular weight excluding hydrogens is 234 g/mol. The van der Waals surface area contributed by atoms with Gasteiger partial charge in [0, 0.05) is 32.2 Å². The summed E-state index contributed by atoms with van der Waals surface area (Å²) in [5.74, 6) is -1.01. The molecule has 2 amide bonds. The number of rotatable bonds is 4. The minimum atomic E-state index is -1.01. The molecule has 102 valence electrons. The van der Waals surface area contributed by atoms with Crippen molar-refractivity contribution in [2.45, 2.75) is 13.0 Å². The molecule has 0 aromatic rings. The number of aliphatic carboxylic acids is 1. The predicted molar refractivity (Wildman–Crippen MR) is 68.5 cm³/mol. The van der Waals surface area contributed by atoms with Crippen LogP contribution in [0.1, 0.15) is 6.92 Å². The monoisotopic (exact) mass is 255 g/mol. The third kappa shape index (κ3) is 3.73. The van der Waals surface area contributed by atoms with Gasteiger partial charge in [0.1, 0.15) is 6.54 Å². The van der Waals surface area contributed by atoms with Crippen molar-refractivity contribution in [1.82, 2.24) is 14.7 Å². The number of likely N-dealkylation sites (N-methyl/N-ethyl adjacent to an activating group) is 1. The molecule has 1 heterocycles. The summed E-state index contributed by atoms with van der Waals surface area (Å²) in [4.78, 5) is 28.2. The van der Waals surface area contributed by atoms with Crippen molar-refractivity contribution in [1.29, 1.82) is 0 Å². The van der Waals surface area contributed by atoms with Crippen molar-refractivity contribution in [3.8, 4) is 0 Å². The zero-order chi connectivity index (χ0) is 13.7. The first-order valence-electron chi connectivity index (χ1n) is 6.02. The Bertz CT molecular complexity index is 333. The van der Waals surface area contributed by atoms with Gasteiger partial charge >= 0.3 is 12.0 Å². The lowest BCUT2D eigenvalue weighted by Crippen LogP contribution is -2.57. The lowest BCUT2D eigenvalue weighted by Gasteiger charge is -2.40. The zero-order valence-electron chi connectivity index (χ0n) is 11.0. The molecule has 1 saturated heterocycles. The summed E-state index contributed by atoms with van der Waals surface area (Å²) in [6.07, 6.45) is 1.54.